The number of rotatable bonds is 3. The van der Waals surface area contributed by atoms with Crippen LogP contribution in [0.3, 0.4) is 0 Å². The summed E-state index contributed by atoms with van der Waals surface area (Å²) in [6, 6.07) is 4.29. The van der Waals surface area contributed by atoms with Gasteiger partial charge in [0.05, 0.1) is 3.79 Å². The van der Waals surface area contributed by atoms with E-state index in [2.05, 4.69) is 48.8 Å². The molecule has 1 unspecified atom stereocenters. The lowest BCUT2D eigenvalue weighted by molar-refractivity contribution is 0.265. The second-order valence-corrected chi connectivity index (χ2v) is 7.48. The summed E-state index contributed by atoms with van der Waals surface area (Å²) in [5.41, 5.74) is 0.290. The second kappa shape index (κ2) is 5.00. The van der Waals surface area contributed by atoms with Crippen LogP contribution in [0.4, 0.5) is 0 Å². The molecule has 80 valence electrons. The van der Waals surface area contributed by atoms with Crippen molar-refractivity contribution in [2.75, 3.05) is 5.88 Å². The maximum absolute atomic E-state index is 6.00. The molecule has 0 aliphatic heterocycles. The Bertz CT molecular complexity index is 288. The predicted molar refractivity (Wildman–Crippen MR) is 69.4 cm³/mol. The first-order chi connectivity index (χ1) is 6.43. The molecule has 1 atom stereocenters. The molecule has 0 fully saturated rings. The molecule has 1 rings (SSSR count). The van der Waals surface area contributed by atoms with Crippen LogP contribution in [-0.4, -0.2) is 5.88 Å². The van der Waals surface area contributed by atoms with Gasteiger partial charge in [-0.15, -0.1) is 22.9 Å². The SMILES string of the molecule is CC(C)(C)C(CCl)Cc1ccc(Br)s1. The first-order valence-corrected chi connectivity index (χ1v) is 6.88. The van der Waals surface area contributed by atoms with Gasteiger partial charge < -0.3 is 0 Å². The van der Waals surface area contributed by atoms with E-state index in [1.165, 1.54) is 8.66 Å². The monoisotopic (exact) mass is 294 g/mol. The van der Waals surface area contributed by atoms with E-state index in [9.17, 15) is 0 Å². The maximum atomic E-state index is 6.00. The zero-order valence-corrected chi connectivity index (χ0v) is 12.0. The standard InChI is InChI=1S/C11H16BrClS/c1-11(2,3)8(7-13)6-9-4-5-10(12)14-9/h4-5,8H,6-7H2,1-3H3. The molecule has 0 nitrogen and oxygen atoms in total. The van der Waals surface area contributed by atoms with Gasteiger partial charge in [0.15, 0.2) is 0 Å². The van der Waals surface area contributed by atoms with Gasteiger partial charge in [0.25, 0.3) is 0 Å². The van der Waals surface area contributed by atoms with Gasteiger partial charge in [-0.2, -0.15) is 0 Å². The van der Waals surface area contributed by atoms with E-state index in [1.807, 2.05) is 0 Å². The Morgan fingerprint density at radius 2 is 2.07 bits per heavy atom. The molecule has 0 saturated carbocycles. The molecule has 1 aromatic heterocycles. The Morgan fingerprint density at radius 3 is 2.43 bits per heavy atom. The lowest BCUT2D eigenvalue weighted by Crippen LogP contribution is -2.23. The van der Waals surface area contributed by atoms with E-state index in [4.69, 9.17) is 11.6 Å². The number of hydrogen-bond acceptors (Lipinski definition) is 1. The van der Waals surface area contributed by atoms with Gasteiger partial charge in [-0.05, 0) is 45.8 Å². The first-order valence-electron chi connectivity index (χ1n) is 4.73. The summed E-state index contributed by atoms with van der Waals surface area (Å²) in [5.74, 6) is 1.29. The highest BCUT2D eigenvalue weighted by Crippen LogP contribution is 2.33. The zero-order chi connectivity index (χ0) is 10.8. The number of thiophene rings is 1. The smallest absolute Gasteiger partial charge is 0.0701 e. The highest BCUT2D eigenvalue weighted by Gasteiger charge is 2.24. The lowest BCUT2D eigenvalue weighted by atomic mass is 9.80. The summed E-state index contributed by atoms with van der Waals surface area (Å²) in [6.45, 7) is 6.76. The number of hydrogen-bond donors (Lipinski definition) is 0. The van der Waals surface area contributed by atoms with Crippen molar-refractivity contribution in [1.82, 2.24) is 0 Å². The molecule has 0 spiro atoms. The van der Waals surface area contributed by atoms with E-state index in [0.29, 0.717) is 5.92 Å². The third-order valence-electron chi connectivity index (χ3n) is 2.49. The van der Waals surface area contributed by atoms with E-state index in [0.717, 1.165) is 12.3 Å². The van der Waals surface area contributed by atoms with E-state index in [-0.39, 0.29) is 5.41 Å². The van der Waals surface area contributed by atoms with Crippen molar-refractivity contribution in [2.45, 2.75) is 27.2 Å². The van der Waals surface area contributed by atoms with Crippen LogP contribution < -0.4 is 0 Å². The fourth-order valence-electron chi connectivity index (χ4n) is 1.30. The molecule has 0 amide bonds. The van der Waals surface area contributed by atoms with Crippen molar-refractivity contribution in [3.05, 3.63) is 20.8 Å². The van der Waals surface area contributed by atoms with Crippen molar-refractivity contribution in [1.29, 1.82) is 0 Å². The van der Waals surface area contributed by atoms with Crippen molar-refractivity contribution in [2.24, 2.45) is 11.3 Å². The molecule has 0 N–H and O–H groups in total. The van der Waals surface area contributed by atoms with Crippen molar-refractivity contribution in [3.63, 3.8) is 0 Å². The fourth-order valence-corrected chi connectivity index (χ4v) is 3.43. The highest BCUT2D eigenvalue weighted by molar-refractivity contribution is 9.11. The topological polar surface area (TPSA) is 0 Å². The summed E-state index contributed by atoms with van der Waals surface area (Å²) < 4.78 is 1.20. The quantitative estimate of drug-likeness (QED) is 0.692. The zero-order valence-electron chi connectivity index (χ0n) is 8.81. The van der Waals surface area contributed by atoms with E-state index >= 15 is 0 Å². The van der Waals surface area contributed by atoms with Gasteiger partial charge in [0.2, 0.25) is 0 Å². The Kier molecular flexibility index (Phi) is 4.48. The first kappa shape index (κ1) is 12.5. The minimum atomic E-state index is 0.290. The molecule has 3 heteroatoms. The molecule has 0 aliphatic carbocycles. The van der Waals surface area contributed by atoms with Crippen molar-refractivity contribution in [3.8, 4) is 0 Å². The summed E-state index contributed by atoms with van der Waals surface area (Å²) in [7, 11) is 0. The minimum Gasteiger partial charge on any atom is -0.133 e. The average molecular weight is 296 g/mol. The molecule has 1 heterocycles. The molecule has 14 heavy (non-hydrogen) atoms. The Balaban J connectivity index is 2.66. The molecule has 0 radical (unpaired) electrons. The van der Waals surface area contributed by atoms with Gasteiger partial charge in [0, 0.05) is 10.8 Å². The summed E-state index contributed by atoms with van der Waals surface area (Å²) in [6.07, 6.45) is 1.09. The van der Waals surface area contributed by atoms with Gasteiger partial charge in [-0.3, -0.25) is 0 Å². The third kappa shape index (κ3) is 3.56. The molecule has 0 aliphatic rings. The summed E-state index contributed by atoms with van der Waals surface area (Å²) in [4.78, 5) is 1.41. The van der Waals surface area contributed by atoms with Crippen molar-refractivity contribution >= 4 is 38.9 Å². The summed E-state index contributed by atoms with van der Waals surface area (Å²) in [5, 5.41) is 0. The van der Waals surface area contributed by atoms with Gasteiger partial charge in [-0.25, -0.2) is 0 Å². The largest absolute Gasteiger partial charge is 0.133 e. The van der Waals surface area contributed by atoms with Crippen molar-refractivity contribution < 1.29 is 0 Å². The maximum Gasteiger partial charge on any atom is 0.0701 e. The molecular formula is C11H16BrClS. The fraction of sp³-hybridized carbons (Fsp3) is 0.636. The molecule has 0 aromatic carbocycles. The normalized spacial score (nSPS) is 14.4. The van der Waals surface area contributed by atoms with Crippen LogP contribution >= 0.6 is 38.9 Å². The van der Waals surface area contributed by atoms with Gasteiger partial charge >= 0.3 is 0 Å². The average Bonchev–Trinajstić information content (AvgIpc) is 2.45. The highest BCUT2D eigenvalue weighted by atomic mass is 79.9. The Labute approximate surface area is 104 Å². The van der Waals surface area contributed by atoms with Gasteiger partial charge in [-0.1, -0.05) is 20.8 Å². The lowest BCUT2D eigenvalue weighted by Gasteiger charge is -2.28. The van der Waals surface area contributed by atoms with E-state index in [1.54, 1.807) is 11.3 Å². The number of alkyl halides is 1. The number of halogens is 2. The van der Waals surface area contributed by atoms with Crippen LogP contribution in [0.5, 0.6) is 0 Å². The minimum absolute atomic E-state index is 0.290. The van der Waals surface area contributed by atoms with Crippen LogP contribution in [0.15, 0.2) is 15.9 Å². The van der Waals surface area contributed by atoms with Crippen LogP contribution in [0.1, 0.15) is 25.6 Å². The molecule has 1 aromatic rings. The Morgan fingerprint density at radius 1 is 1.43 bits per heavy atom. The molecule has 0 saturated heterocycles. The van der Waals surface area contributed by atoms with Crippen LogP contribution in [0.2, 0.25) is 0 Å². The molecule has 0 bridgehead atoms. The third-order valence-corrected chi connectivity index (χ3v) is 4.51. The van der Waals surface area contributed by atoms with Crippen LogP contribution in [0, 0.1) is 11.3 Å². The molecular weight excluding hydrogens is 280 g/mol. The summed E-state index contributed by atoms with van der Waals surface area (Å²) >= 11 is 11.3. The second-order valence-electron chi connectivity index (χ2n) is 4.63. The van der Waals surface area contributed by atoms with E-state index < -0.39 is 0 Å². The Hall–Kier alpha value is 0.470. The van der Waals surface area contributed by atoms with Crippen LogP contribution in [0.25, 0.3) is 0 Å². The predicted octanol–water partition coefficient (Wildman–Crippen LogP) is 4.95. The van der Waals surface area contributed by atoms with Gasteiger partial charge in [0.1, 0.15) is 0 Å². The van der Waals surface area contributed by atoms with Crippen LogP contribution in [-0.2, 0) is 6.42 Å².